The second-order valence-corrected chi connectivity index (χ2v) is 7.61. The maximum Gasteiger partial charge on any atom is 0.233 e. The number of imidazole rings is 1. The Balaban J connectivity index is 1.57. The summed E-state index contributed by atoms with van der Waals surface area (Å²) in [5.74, 6) is 1.11. The van der Waals surface area contributed by atoms with Gasteiger partial charge in [-0.2, -0.15) is 0 Å². The lowest BCUT2D eigenvalue weighted by Crippen LogP contribution is -2.27. The summed E-state index contributed by atoms with van der Waals surface area (Å²) < 4.78 is 7.44. The number of hydrogen-bond donors (Lipinski definition) is 0. The highest BCUT2D eigenvalue weighted by Crippen LogP contribution is 2.28. The van der Waals surface area contributed by atoms with Gasteiger partial charge in [-0.15, -0.1) is 0 Å². The summed E-state index contributed by atoms with van der Waals surface area (Å²) in [4.78, 5) is 19.0. The van der Waals surface area contributed by atoms with Crippen LogP contribution in [0.5, 0.6) is 0 Å². The van der Waals surface area contributed by atoms with Crippen molar-refractivity contribution in [2.75, 3.05) is 12.8 Å². The summed E-state index contributed by atoms with van der Waals surface area (Å²) in [6.45, 7) is 2.53. The highest BCUT2D eigenvalue weighted by molar-refractivity contribution is 7.99. The molecule has 1 amide bonds. The lowest BCUT2D eigenvalue weighted by atomic mass is 10.2. The third kappa shape index (κ3) is 3.82. The van der Waals surface area contributed by atoms with Gasteiger partial charge in [0.1, 0.15) is 5.76 Å². The van der Waals surface area contributed by atoms with E-state index >= 15 is 0 Å². The fourth-order valence-electron chi connectivity index (χ4n) is 3.01. The first-order valence-electron chi connectivity index (χ1n) is 9.05. The Labute approximate surface area is 168 Å². The number of benzene rings is 2. The van der Waals surface area contributed by atoms with Gasteiger partial charge in [-0.25, -0.2) is 4.98 Å². The number of rotatable bonds is 6. The molecule has 0 saturated carbocycles. The van der Waals surface area contributed by atoms with Crippen molar-refractivity contribution in [3.05, 3.63) is 78.3 Å². The van der Waals surface area contributed by atoms with Crippen molar-refractivity contribution < 1.29 is 9.21 Å². The molecule has 28 heavy (non-hydrogen) atoms. The van der Waals surface area contributed by atoms with Gasteiger partial charge < -0.3 is 9.32 Å². The van der Waals surface area contributed by atoms with Crippen LogP contribution in [0.2, 0.25) is 0 Å². The summed E-state index contributed by atoms with van der Waals surface area (Å²) in [6.07, 6.45) is 1.62. The maximum atomic E-state index is 12.6. The van der Waals surface area contributed by atoms with Gasteiger partial charge in [0.15, 0.2) is 5.16 Å². The van der Waals surface area contributed by atoms with Gasteiger partial charge in [0.25, 0.3) is 0 Å². The van der Waals surface area contributed by atoms with Gasteiger partial charge in [0.2, 0.25) is 5.91 Å². The number of amides is 1. The molecule has 0 aliphatic heterocycles. The van der Waals surface area contributed by atoms with Crippen LogP contribution in [-0.2, 0) is 11.3 Å². The minimum absolute atomic E-state index is 0.0314. The van der Waals surface area contributed by atoms with Crippen molar-refractivity contribution in [1.29, 1.82) is 0 Å². The Bertz CT molecular complexity index is 1080. The summed E-state index contributed by atoms with van der Waals surface area (Å²) in [5.41, 5.74) is 4.20. The largest absolute Gasteiger partial charge is 0.467 e. The molecule has 0 bridgehead atoms. The Morgan fingerprint density at radius 2 is 1.89 bits per heavy atom. The Hall–Kier alpha value is -2.99. The zero-order chi connectivity index (χ0) is 19.5. The molecular weight excluding hydrogens is 370 g/mol. The molecule has 142 valence electrons. The lowest BCUT2D eigenvalue weighted by molar-refractivity contribution is -0.127. The number of carbonyl (C=O) groups excluding carboxylic acids is 1. The van der Waals surface area contributed by atoms with Crippen LogP contribution in [0.4, 0.5) is 0 Å². The number of carbonyl (C=O) groups is 1. The number of fused-ring (bicyclic) bond motifs is 1. The molecule has 0 spiro atoms. The number of hydrogen-bond acceptors (Lipinski definition) is 4. The van der Waals surface area contributed by atoms with E-state index in [1.54, 1.807) is 18.2 Å². The molecule has 0 atom stereocenters. The smallest absolute Gasteiger partial charge is 0.233 e. The van der Waals surface area contributed by atoms with E-state index in [4.69, 9.17) is 9.40 Å². The average Bonchev–Trinajstić information content (AvgIpc) is 3.34. The average molecular weight is 391 g/mol. The molecule has 2 aromatic heterocycles. The molecule has 2 heterocycles. The van der Waals surface area contributed by atoms with Crippen molar-refractivity contribution in [2.24, 2.45) is 0 Å². The fraction of sp³-hybridized carbons (Fsp3) is 0.182. The molecule has 6 heteroatoms. The molecule has 0 radical (unpaired) electrons. The molecule has 2 aromatic carbocycles. The van der Waals surface area contributed by atoms with E-state index in [2.05, 4.69) is 41.8 Å². The minimum atomic E-state index is 0.0314. The summed E-state index contributed by atoms with van der Waals surface area (Å²) in [6, 6.07) is 20.1. The van der Waals surface area contributed by atoms with Crippen LogP contribution in [0.1, 0.15) is 11.3 Å². The van der Waals surface area contributed by atoms with Gasteiger partial charge in [-0.3, -0.25) is 9.36 Å². The first kappa shape index (κ1) is 18.4. The predicted molar refractivity (Wildman–Crippen MR) is 112 cm³/mol. The van der Waals surface area contributed by atoms with Crippen molar-refractivity contribution in [2.45, 2.75) is 18.6 Å². The first-order valence-corrected chi connectivity index (χ1v) is 10.0. The normalized spacial score (nSPS) is 11.1. The standard InChI is InChI=1S/C22H21N3O2S/c1-16-9-11-17(12-10-16)25-20-8-4-3-7-19(20)23-22(25)28-15-21(26)24(2)14-18-6-5-13-27-18/h3-13H,14-15H2,1-2H3. The molecule has 5 nitrogen and oxygen atoms in total. The fourth-order valence-corrected chi connectivity index (χ4v) is 3.97. The van der Waals surface area contributed by atoms with E-state index in [1.807, 2.05) is 30.3 Å². The molecule has 0 aliphatic carbocycles. The molecule has 0 fully saturated rings. The van der Waals surface area contributed by atoms with E-state index < -0.39 is 0 Å². The van der Waals surface area contributed by atoms with Crippen LogP contribution in [0.25, 0.3) is 16.7 Å². The first-order chi connectivity index (χ1) is 13.6. The van der Waals surface area contributed by atoms with Crippen LogP contribution in [0.3, 0.4) is 0 Å². The van der Waals surface area contributed by atoms with E-state index in [0.717, 1.165) is 27.6 Å². The van der Waals surface area contributed by atoms with Gasteiger partial charge in [-0.1, -0.05) is 41.6 Å². The summed E-state index contributed by atoms with van der Waals surface area (Å²) >= 11 is 1.45. The molecule has 0 N–H and O–H groups in total. The number of para-hydroxylation sites is 2. The zero-order valence-corrected chi connectivity index (χ0v) is 16.6. The monoisotopic (exact) mass is 391 g/mol. The Morgan fingerprint density at radius 1 is 1.11 bits per heavy atom. The van der Waals surface area contributed by atoms with Crippen molar-refractivity contribution >= 4 is 28.7 Å². The lowest BCUT2D eigenvalue weighted by Gasteiger charge is -2.15. The van der Waals surface area contributed by atoms with Gasteiger partial charge in [-0.05, 0) is 43.3 Å². The van der Waals surface area contributed by atoms with Crippen LogP contribution in [-0.4, -0.2) is 33.2 Å². The number of thioether (sulfide) groups is 1. The number of nitrogens with zero attached hydrogens (tertiary/aromatic N) is 3. The third-order valence-electron chi connectivity index (χ3n) is 4.55. The van der Waals surface area contributed by atoms with E-state index in [1.165, 1.54) is 17.3 Å². The molecule has 4 aromatic rings. The van der Waals surface area contributed by atoms with Crippen molar-refractivity contribution in [1.82, 2.24) is 14.5 Å². The van der Waals surface area contributed by atoms with Gasteiger partial charge in [0, 0.05) is 12.7 Å². The summed E-state index contributed by atoms with van der Waals surface area (Å²) in [5, 5.41) is 0.810. The summed E-state index contributed by atoms with van der Waals surface area (Å²) in [7, 11) is 1.79. The van der Waals surface area contributed by atoms with Crippen LogP contribution < -0.4 is 0 Å². The highest BCUT2D eigenvalue weighted by Gasteiger charge is 2.16. The minimum Gasteiger partial charge on any atom is -0.467 e. The molecule has 0 saturated heterocycles. The van der Waals surface area contributed by atoms with Crippen LogP contribution in [0.15, 0.2) is 76.5 Å². The quantitative estimate of drug-likeness (QED) is 0.448. The van der Waals surface area contributed by atoms with Gasteiger partial charge in [0.05, 0.1) is 29.6 Å². The predicted octanol–water partition coefficient (Wildman–Crippen LogP) is 4.68. The highest BCUT2D eigenvalue weighted by atomic mass is 32.2. The number of aryl methyl sites for hydroxylation is 1. The molecule has 0 aliphatic rings. The van der Waals surface area contributed by atoms with E-state index in [-0.39, 0.29) is 5.91 Å². The SMILES string of the molecule is Cc1ccc(-n2c(SCC(=O)N(C)Cc3ccco3)nc3ccccc32)cc1. The van der Waals surface area contributed by atoms with E-state index in [9.17, 15) is 4.79 Å². The van der Waals surface area contributed by atoms with E-state index in [0.29, 0.717) is 12.3 Å². The third-order valence-corrected chi connectivity index (χ3v) is 5.47. The van der Waals surface area contributed by atoms with Crippen molar-refractivity contribution in [3.8, 4) is 5.69 Å². The van der Waals surface area contributed by atoms with Crippen LogP contribution in [0, 0.1) is 6.92 Å². The zero-order valence-electron chi connectivity index (χ0n) is 15.8. The number of aromatic nitrogens is 2. The maximum absolute atomic E-state index is 12.6. The second kappa shape index (κ2) is 7.94. The number of furan rings is 1. The van der Waals surface area contributed by atoms with Crippen molar-refractivity contribution in [3.63, 3.8) is 0 Å². The van der Waals surface area contributed by atoms with Gasteiger partial charge >= 0.3 is 0 Å². The topological polar surface area (TPSA) is 51.3 Å². The molecule has 4 rings (SSSR count). The second-order valence-electron chi connectivity index (χ2n) is 6.67. The van der Waals surface area contributed by atoms with Crippen LogP contribution >= 0.6 is 11.8 Å². The molecule has 0 unspecified atom stereocenters. The Kier molecular flexibility index (Phi) is 5.21. The Morgan fingerprint density at radius 3 is 2.64 bits per heavy atom. The molecular formula is C22H21N3O2S.